The highest BCUT2D eigenvalue weighted by Gasteiger charge is 2.23. The van der Waals surface area contributed by atoms with Gasteiger partial charge in [-0.05, 0) is 12.1 Å². The van der Waals surface area contributed by atoms with Crippen molar-refractivity contribution in [3.05, 3.63) is 29.3 Å². The van der Waals surface area contributed by atoms with Crippen LogP contribution < -0.4 is 4.52 Å². The van der Waals surface area contributed by atoms with Gasteiger partial charge in [-0.3, -0.25) is 0 Å². The molecule has 0 amide bonds. The molecular weight excluding hydrogens is 257 g/mol. The molecule has 1 rings (SSSR count). The fraction of sp³-hybridized carbons (Fsp3) is 0. The number of benzene rings is 1. The largest absolute Gasteiger partial charge is 0.493 e. The van der Waals surface area contributed by atoms with Crippen LogP contribution in [0.3, 0.4) is 0 Å². The molecule has 0 saturated heterocycles. The van der Waals surface area contributed by atoms with E-state index < -0.39 is 6.95 Å². The van der Waals surface area contributed by atoms with E-state index in [1.54, 1.807) is 18.2 Å². The average Bonchev–Trinajstić information content (AvgIpc) is 2.09. The molecule has 0 fully saturated rings. The number of hydrogen-bond acceptors (Lipinski definition) is 3. The van der Waals surface area contributed by atoms with E-state index in [-0.39, 0.29) is 10.8 Å². The molecule has 1 atom stereocenters. The van der Waals surface area contributed by atoms with Gasteiger partial charge in [0.15, 0.2) is 0 Å². The van der Waals surface area contributed by atoms with Crippen molar-refractivity contribution in [1.29, 1.82) is 0 Å². The van der Waals surface area contributed by atoms with Gasteiger partial charge < -0.3 is 4.52 Å². The molecule has 0 aliphatic rings. The van der Waals surface area contributed by atoms with E-state index in [1.165, 1.54) is 6.07 Å². The minimum atomic E-state index is -3.77. The third-order valence-electron chi connectivity index (χ3n) is 1.13. The number of hydrogen-bond donors (Lipinski definition) is 0. The maximum atomic E-state index is 11.0. The molecule has 0 spiro atoms. The second-order valence-corrected chi connectivity index (χ2v) is 5.27. The number of halogens is 3. The molecule has 1 unspecified atom stereocenters. The molecule has 13 heavy (non-hydrogen) atoms. The topological polar surface area (TPSA) is 35.5 Å². The average molecular weight is 261 g/mol. The summed E-state index contributed by atoms with van der Waals surface area (Å²) >= 11 is 15.8. The van der Waals surface area contributed by atoms with Gasteiger partial charge >= 0.3 is 6.95 Å². The predicted octanol–water partition coefficient (Wildman–Crippen LogP) is 4.24. The van der Waals surface area contributed by atoms with Gasteiger partial charge in [0, 0.05) is 11.2 Å². The summed E-state index contributed by atoms with van der Waals surface area (Å²) in [7, 11) is 0. The molecule has 3 nitrogen and oxygen atoms in total. The lowest BCUT2D eigenvalue weighted by Crippen LogP contribution is -1.86. The Kier molecular flexibility index (Phi) is 3.89. The van der Waals surface area contributed by atoms with E-state index in [0.29, 0.717) is 0 Å². The second-order valence-electron chi connectivity index (χ2n) is 2.02. The van der Waals surface area contributed by atoms with Gasteiger partial charge in [0.2, 0.25) is 0 Å². The Bertz CT molecular complexity index is 344. The lowest BCUT2D eigenvalue weighted by Gasteiger charge is -2.08. The molecule has 0 heterocycles. The standard InChI is InChI=1S/C6H4Cl3O3P/c7-5-3-1-2-4-6(5)11-13(9,10)12-8/h1-4H. The minimum absolute atomic E-state index is 0.156. The number of para-hydroxylation sites is 1. The van der Waals surface area contributed by atoms with Crippen LogP contribution in [0.4, 0.5) is 0 Å². The van der Waals surface area contributed by atoms with Crippen LogP contribution in [0.2, 0.25) is 5.02 Å². The molecule has 1 aromatic rings. The second kappa shape index (κ2) is 4.54. The van der Waals surface area contributed by atoms with Gasteiger partial charge in [-0.2, -0.15) is 4.08 Å². The fourth-order valence-electron chi connectivity index (χ4n) is 0.650. The van der Waals surface area contributed by atoms with Crippen LogP contribution in [0.1, 0.15) is 0 Å². The Morgan fingerprint density at radius 1 is 1.31 bits per heavy atom. The molecule has 0 aliphatic carbocycles. The Hall–Kier alpha value is 0.0800. The summed E-state index contributed by atoms with van der Waals surface area (Å²) in [5, 5.41) is 0.275. The van der Waals surface area contributed by atoms with E-state index in [4.69, 9.17) is 39.2 Å². The highest BCUT2D eigenvalue weighted by Crippen LogP contribution is 2.55. The van der Waals surface area contributed by atoms with Crippen molar-refractivity contribution in [1.82, 2.24) is 0 Å². The molecule has 0 aliphatic heterocycles. The van der Waals surface area contributed by atoms with Crippen LogP contribution >= 0.6 is 41.7 Å². The van der Waals surface area contributed by atoms with Crippen molar-refractivity contribution in [3.63, 3.8) is 0 Å². The van der Waals surface area contributed by atoms with E-state index in [1.807, 2.05) is 0 Å². The first-order chi connectivity index (χ1) is 6.05. The van der Waals surface area contributed by atoms with E-state index in [2.05, 4.69) is 4.08 Å². The molecule has 0 saturated carbocycles. The first-order valence-corrected chi connectivity index (χ1v) is 6.23. The van der Waals surface area contributed by atoms with Crippen LogP contribution in [-0.2, 0) is 8.64 Å². The summed E-state index contributed by atoms with van der Waals surface area (Å²) in [4.78, 5) is 0. The monoisotopic (exact) mass is 260 g/mol. The quantitative estimate of drug-likeness (QED) is 0.764. The third kappa shape index (κ3) is 3.37. The first-order valence-electron chi connectivity index (χ1n) is 3.09. The van der Waals surface area contributed by atoms with Crippen molar-refractivity contribution in [2.24, 2.45) is 0 Å². The number of rotatable bonds is 3. The van der Waals surface area contributed by atoms with Gasteiger partial charge in [0.1, 0.15) is 5.75 Å². The smallest absolute Gasteiger partial charge is 0.411 e. The zero-order valence-electron chi connectivity index (χ0n) is 6.12. The van der Waals surface area contributed by atoms with Gasteiger partial charge in [-0.25, -0.2) is 4.57 Å². The van der Waals surface area contributed by atoms with E-state index >= 15 is 0 Å². The SMILES string of the molecule is O=P(Cl)(OCl)Oc1ccccc1Cl. The van der Waals surface area contributed by atoms with Crippen LogP contribution in [-0.4, -0.2) is 0 Å². The Morgan fingerprint density at radius 2 is 1.92 bits per heavy atom. The van der Waals surface area contributed by atoms with Gasteiger partial charge in [0.25, 0.3) is 0 Å². The zero-order valence-corrected chi connectivity index (χ0v) is 9.28. The summed E-state index contributed by atoms with van der Waals surface area (Å²) in [6.45, 7) is -3.77. The highest BCUT2D eigenvalue weighted by atomic mass is 35.7. The third-order valence-corrected chi connectivity index (χ3v) is 3.19. The molecule has 0 aromatic heterocycles. The lowest BCUT2D eigenvalue weighted by molar-refractivity contribution is 0.421. The summed E-state index contributed by atoms with van der Waals surface area (Å²) in [6.07, 6.45) is 0. The van der Waals surface area contributed by atoms with E-state index in [9.17, 15) is 4.57 Å². The van der Waals surface area contributed by atoms with Crippen molar-refractivity contribution < 1.29 is 13.2 Å². The van der Waals surface area contributed by atoms with Crippen molar-refractivity contribution in [2.75, 3.05) is 0 Å². The molecule has 1 aromatic carbocycles. The lowest BCUT2D eigenvalue weighted by atomic mass is 10.3. The van der Waals surface area contributed by atoms with Crippen LogP contribution in [0.15, 0.2) is 24.3 Å². The van der Waals surface area contributed by atoms with Crippen LogP contribution in [0, 0.1) is 0 Å². The normalized spacial score (nSPS) is 15.0. The van der Waals surface area contributed by atoms with Crippen LogP contribution in [0.5, 0.6) is 5.75 Å². The van der Waals surface area contributed by atoms with E-state index in [0.717, 1.165) is 0 Å². The molecule has 0 radical (unpaired) electrons. The molecule has 0 N–H and O–H groups in total. The molecular formula is C6H4Cl3O3P. The maximum absolute atomic E-state index is 11.0. The molecule has 72 valence electrons. The van der Waals surface area contributed by atoms with Crippen molar-refractivity contribution in [3.8, 4) is 5.75 Å². The summed E-state index contributed by atoms with van der Waals surface area (Å²) in [5.74, 6) is 0.156. The zero-order chi connectivity index (χ0) is 9.90. The Labute approximate surface area is 90.0 Å². The predicted molar refractivity (Wildman–Crippen MR) is 52.5 cm³/mol. The summed E-state index contributed by atoms with van der Waals surface area (Å²) in [6, 6.07) is 6.39. The molecule has 7 heteroatoms. The van der Waals surface area contributed by atoms with Crippen molar-refractivity contribution in [2.45, 2.75) is 0 Å². The fourth-order valence-corrected chi connectivity index (χ4v) is 1.61. The van der Waals surface area contributed by atoms with Gasteiger partial charge in [-0.1, -0.05) is 23.7 Å². The van der Waals surface area contributed by atoms with Gasteiger partial charge in [-0.15, -0.1) is 0 Å². The van der Waals surface area contributed by atoms with Gasteiger partial charge in [0.05, 0.1) is 16.9 Å². The van der Waals surface area contributed by atoms with Crippen molar-refractivity contribution >= 4 is 41.7 Å². The minimum Gasteiger partial charge on any atom is -0.411 e. The first kappa shape index (κ1) is 11.2. The Morgan fingerprint density at radius 3 is 2.46 bits per heavy atom. The highest BCUT2D eigenvalue weighted by molar-refractivity contribution is 7.82. The van der Waals surface area contributed by atoms with Crippen LogP contribution in [0.25, 0.3) is 0 Å². The molecule has 0 bridgehead atoms. The summed E-state index contributed by atoms with van der Waals surface area (Å²) < 4.78 is 19.7. The maximum Gasteiger partial charge on any atom is 0.493 e. The Balaban J connectivity index is 2.86. The summed E-state index contributed by atoms with van der Waals surface area (Å²) in [5.41, 5.74) is 0.